The molecule has 0 saturated heterocycles. The Bertz CT molecular complexity index is 969. The van der Waals surface area contributed by atoms with E-state index in [1.165, 1.54) is 6.07 Å². The van der Waals surface area contributed by atoms with E-state index in [1.807, 2.05) is 18.2 Å². The Balaban J connectivity index is 1.40. The summed E-state index contributed by atoms with van der Waals surface area (Å²) >= 11 is 0. The number of carbonyl (C=O) groups excluding carboxylic acids is 3. The third-order valence-corrected chi connectivity index (χ3v) is 3.67. The lowest BCUT2D eigenvalue weighted by atomic mass is 10.2. The summed E-state index contributed by atoms with van der Waals surface area (Å²) in [4.78, 5) is 35.5. The first kappa shape index (κ1) is 19.7. The Morgan fingerprint density at radius 1 is 0.828 bits per heavy atom. The van der Waals surface area contributed by atoms with Gasteiger partial charge in [0, 0.05) is 5.56 Å². The number of hydrogen-bond acceptors (Lipinski definition) is 6. The molecule has 1 heterocycles. The highest BCUT2D eigenvalue weighted by atomic mass is 16.6. The number of esters is 1. The van der Waals surface area contributed by atoms with E-state index >= 15 is 0 Å². The minimum absolute atomic E-state index is 0.0576. The zero-order valence-corrected chi connectivity index (χ0v) is 15.3. The first-order valence-corrected chi connectivity index (χ1v) is 8.70. The summed E-state index contributed by atoms with van der Waals surface area (Å²) in [6.45, 7) is -0.437. The number of amides is 2. The maximum Gasteiger partial charge on any atom is 0.374 e. The lowest BCUT2D eigenvalue weighted by Gasteiger charge is -2.07. The minimum atomic E-state index is -0.805. The van der Waals surface area contributed by atoms with E-state index in [-0.39, 0.29) is 12.4 Å². The Hall–Kier alpha value is -4.07. The van der Waals surface area contributed by atoms with Crippen LogP contribution in [0.25, 0.3) is 0 Å². The molecule has 3 aromatic rings. The summed E-state index contributed by atoms with van der Waals surface area (Å²) in [6.07, 6.45) is 0. The summed E-state index contributed by atoms with van der Waals surface area (Å²) in [6, 6.07) is 20.5. The molecule has 0 fully saturated rings. The molecule has 0 spiro atoms. The number of hydrazine groups is 1. The molecular formula is C21H18N2O6. The molecule has 0 unspecified atom stereocenters. The van der Waals surface area contributed by atoms with Gasteiger partial charge in [-0.25, -0.2) is 4.79 Å². The Labute approximate surface area is 166 Å². The van der Waals surface area contributed by atoms with Crippen LogP contribution in [-0.2, 0) is 16.1 Å². The molecule has 0 aliphatic rings. The van der Waals surface area contributed by atoms with Crippen molar-refractivity contribution in [2.24, 2.45) is 0 Å². The van der Waals surface area contributed by atoms with Crippen LogP contribution in [-0.4, -0.2) is 24.4 Å². The largest absolute Gasteiger partial charge is 0.486 e. The number of benzene rings is 2. The fourth-order valence-corrected chi connectivity index (χ4v) is 2.26. The third kappa shape index (κ3) is 5.96. The van der Waals surface area contributed by atoms with Crippen molar-refractivity contribution < 1.29 is 28.3 Å². The van der Waals surface area contributed by atoms with Gasteiger partial charge in [0.15, 0.2) is 6.61 Å². The van der Waals surface area contributed by atoms with Gasteiger partial charge in [0.05, 0.1) is 0 Å². The van der Waals surface area contributed by atoms with Gasteiger partial charge in [0.2, 0.25) is 5.76 Å². The Kier molecular flexibility index (Phi) is 6.62. The molecule has 0 bridgehead atoms. The van der Waals surface area contributed by atoms with Crippen LogP contribution in [0, 0.1) is 0 Å². The SMILES string of the molecule is O=C(COC(=O)c1ccc(COc2ccccc2)o1)NNC(=O)c1ccccc1. The van der Waals surface area contributed by atoms with E-state index in [9.17, 15) is 14.4 Å². The topological polar surface area (TPSA) is 107 Å². The lowest BCUT2D eigenvalue weighted by molar-refractivity contribution is -0.125. The average molecular weight is 394 g/mol. The van der Waals surface area contributed by atoms with Crippen LogP contribution in [0.4, 0.5) is 0 Å². The van der Waals surface area contributed by atoms with E-state index in [0.717, 1.165) is 0 Å². The highest BCUT2D eigenvalue weighted by Gasteiger charge is 2.15. The standard InChI is InChI=1S/C21H18N2O6/c24-19(22-23-20(25)15-7-3-1-4-8-15)14-28-21(26)18-12-11-17(29-18)13-27-16-9-5-2-6-10-16/h1-12H,13-14H2,(H,22,24)(H,23,25). The molecule has 3 rings (SSSR count). The van der Waals surface area contributed by atoms with Gasteiger partial charge in [-0.15, -0.1) is 0 Å². The fourth-order valence-electron chi connectivity index (χ4n) is 2.26. The van der Waals surface area contributed by atoms with Crippen molar-refractivity contribution in [3.8, 4) is 5.75 Å². The highest BCUT2D eigenvalue weighted by molar-refractivity contribution is 5.95. The Morgan fingerprint density at radius 3 is 2.24 bits per heavy atom. The van der Waals surface area contributed by atoms with Crippen LogP contribution in [0.15, 0.2) is 77.2 Å². The zero-order valence-electron chi connectivity index (χ0n) is 15.3. The van der Waals surface area contributed by atoms with Crippen molar-refractivity contribution >= 4 is 17.8 Å². The van der Waals surface area contributed by atoms with Crippen LogP contribution in [0.2, 0.25) is 0 Å². The smallest absolute Gasteiger partial charge is 0.374 e. The number of rotatable bonds is 7. The third-order valence-electron chi connectivity index (χ3n) is 3.67. The molecule has 0 aliphatic carbocycles. The van der Waals surface area contributed by atoms with Crippen molar-refractivity contribution in [1.29, 1.82) is 0 Å². The van der Waals surface area contributed by atoms with Gasteiger partial charge in [-0.1, -0.05) is 36.4 Å². The summed E-state index contributed by atoms with van der Waals surface area (Å²) in [5.41, 5.74) is 4.77. The number of ether oxygens (including phenoxy) is 2. The molecule has 148 valence electrons. The molecule has 8 nitrogen and oxygen atoms in total. The van der Waals surface area contributed by atoms with Crippen molar-refractivity contribution in [2.75, 3.05) is 6.61 Å². The average Bonchev–Trinajstić information content (AvgIpc) is 3.25. The van der Waals surface area contributed by atoms with Crippen LogP contribution in [0.1, 0.15) is 26.7 Å². The zero-order chi connectivity index (χ0) is 20.5. The van der Waals surface area contributed by atoms with Crippen molar-refractivity contribution in [2.45, 2.75) is 6.61 Å². The molecule has 0 atom stereocenters. The summed E-state index contributed by atoms with van der Waals surface area (Å²) in [5, 5.41) is 0. The van der Waals surface area contributed by atoms with Gasteiger partial charge < -0.3 is 13.9 Å². The highest BCUT2D eigenvalue weighted by Crippen LogP contribution is 2.14. The van der Waals surface area contributed by atoms with Gasteiger partial charge in [-0.3, -0.25) is 20.4 Å². The maximum atomic E-state index is 12.0. The van der Waals surface area contributed by atoms with E-state index < -0.39 is 24.4 Å². The predicted octanol–water partition coefficient (Wildman–Crippen LogP) is 2.48. The fraction of sp³-hybridized carbons (Fsp3) is 0.0952. The van der Waals surface area contributed by atoms with Gasteiger partial charge >= 0.3 is 5.97 Å². The minimum Gasteiger partial charge on any atom is -0.486 e. The van der Waals surface area contributed by atoms with E-state index in [0.29, 0.717) is 17.1 Å². The second kappa shape index (κ2) is 9.75. The first-order chi connectivity index (χ1) is 14.1. The van der Waals surface area contributed by atoms with Crippen molar-refractivity contribution in [1.82, 2.24) is 10.9 Å². The molecular weight excluding hydrogens is 376 g/mol. The number of hydrogen-bond donors (Lipinski definition) is 2. The monoisotopic (exact) mass is 394 g/mol. The van der Waals surface area contributed by atoms with Gasteiger partial charge in [-0.05, 0) is 36.4 Å². The number of carbonyl (C=O) groups is 3. The van der Waals surface area contributed by atoms with E-state index in [1.54, 1.807) is 48.5 Å². The summed E-state index contributed by atoms with van der Waals surface area (Å²) in [7, 11) is 0. The molecule has 0 radical (unpaired) electrons. The summed E-state index contributed by atoms with van der Waals surface area (Å²) in [5.74, 6) is -0.943. The molecule has 1 aromatic heterocycles. The van der Waals surface area contributed by atoms with Gasteiger partial charge in [0.25, 0.3) is 11.8 Å². The quantitative estimate of drug-likeness (QED) is 0.471. The van der Waals surface area contributed by atoms with E-state index in [4.69, 9.17) is 13.9 Å². The van der Waals surface area contributed by atoms with Crippen LogP contribution in [0.3, 0.4) is 0 Å². The number of nitrogens with one attached hydrogen (secondary N) is 2. The van der Waals surface area contributed by atoms with Crippen molar-refractivity contribution in [3.63, 3.8) is 0 Å². The second-order valence-corrected chi connectivity index (χ2v) is 5.81. The molecule has 2 N–H and O–H groups in total. The summed E-state index contributed by atoms with van der Waals surface area (Å²) < 4.78 is 15.7. The van der Waals surface area contributed by atoms with Gasteiger partial charge in [0.1, 0.15) is 18.1 Å². The maximum absolute atomic E-state index is 12.0. The molecule has 29 heavy (non-hydrogen) atoms. The van der Waals surface area contributed by atoms with Crippen LogP contribution >= 0.6 is 0 Å². The lowest BCUT2D eigenvalue weighted by Crippen LogP contribution is -2.43. The molecule has 2 amide bonds. The number of para-hydroxylation sites is 1. The van der Waals surface area contributed by atoms with Crippen molar-refractivity contribution in [3.05, 3.63) is 89.9 Å². The van der Waals surface area contributed by atoms with Crippen LogP contribution in [0.5, 0.6) is 5.75 Å². The Morgan fingerprint density at radius 2 is 1.52 bits per heavy atom. The molecule has 0 aliphatic heterocycles. The molecule has 2 aromatic carbocycles. The second-order valence-electron chi connectivity index (χ2n) is 5.81. The van der Waals surface area contributed by atoms with E-state index in [2.05, 4.69) is 10.9 Å². The molecule has 0 saturated carbocycles. The van der Waals surface area contributed by atoms with Crippen LogP contribution < -0.4 is 15.6 Å². The normalized spacial score (nSPS) is 10.1. The first-order valence-electron chi connectivity index (χ1n) is 8.70. The predicted molar refractivity (Wildman–Crippen MR) is 102 cm³/mol. The molecule has 8 heteroatoms. The number of furan rings is 1. The van der Waals surface area contributed by atoms with Gasteiger partial charge in [-0.2, -0.15) is 0 Å².